The minimum absolute atomic E-state index is 0.0359. The standard InChI is InChI=1S/C22H22N2O4/c1-2-3-4-9-19-22(12-23-16-8-6-5-7-14(16)22)15-11-18-17(27-21(26)28-18)10-13(15)20(25)24-19/h5-8,10-11,19,23H,2-4,9,12H2,1H3,(H,24,25). The van der Waals surface area contributed by atoms with E-state index in [2.05, 4.69) is 29.7 Å². The van der Waals surface area contributed by atoms with Gasteiger partial charge in [-0.15, -0.1) is 0 Å². The van der Waals surface area contributed by atoms with E-state index < -0.39 is 11.2 Å². The number of rotatable bonds is 4. The zero-order valence-corrected chi connectivity index (χ0v) is 15.7. The number of amides is 1. The summed E-state index contributed by atoms with van der Waals surface area (Å²) in [6.07, 6.45) is 4.19. The molecular formula is C22H22N2O4. The maximum Gasteiger partial charge on any atom is 0.519 e. The zero-order chi connectivity index (χ0) is 19.3. The zero-order valence-electron chi connectivity index (χ0n) is 15.7. The van der Waals surface area contributed by atoms with Gasteiger partial charge in [0, 0.05) is 23.8 Å². The van der Waals surface area contributed by atoms with Gasteiger partial charge in [-0.1, -0.05) is 44.4 Å². The van der Waals surface area contributed by atoms with Crippen LogP contribution in [0.3, 0.4) is 0 Å². The average molecular weight is 378 g/mol. The van der Waals surface area contributed by atoms with Crippen LogP contribution in [0.15, 0.2) is 50.0 Å². The predicted octanol–water partition coefficient (Wildman–Crippen LogP) is 3.79. The molecule has 6 nitrogen and oxygen atoms in total. The van der Waals surface area contributed by atoms with Gasteiger partial charge in [0.2, 0.25) is 0 Å². The van der Waals surface area contributed by atoms with Gasteiger partial charge in [-0.2, -0.15) is 0 Å². The third-order valence-corrected chi connectivity index (χ3v) is 6.16. The lowest BCUT2D eigenvalue weighted by atomic mass is 9.65. The van der Waals surface area contributed by atoms with Gasteiger partial charge < -0.3 is 19.5 Å². The van der Waals surface area contributed by atoms with E-state index in [-0.39, 0.29) is 11.9 Å². The van der Waals surface area contributed by atoms with Gasteiger partial charge in [0.1, 0.15) is 0 Å². The number of hydrogen-bond acceptors (Lipinski definition) is 5. The molecular weight excluding hydrogens is 356 g/mol. The van der Waals surface area contributed by atoms with Crippen LogP contribution in [0.4, 0.5) is 5.69 Å². The Morgan fingerprint density at radius 2 is 1.86 bits per heavy atom. The molecule has 3 aromatic rings. The molecule has 3 heterocycles. The number of unbranched alkanes of at least 4 members (excludes halogenated alkanes) is 2. The Bertz CT molecular complexity index is 1130. The van der Waals surface area contributed by atoms with Crippen molar-refractivity contribution < 1.29 is 13.6 Å². The molecule has 0 aliphatic carbocycles. The molecule has 2 aromatic carbocycles. The molecule has 6 heteroatoms. The van der Waals surface area contributed by atoms with Crippen LogP contribution in [0.5, 0.6) is 0 Å². The first-order chi connectivity index (χ1) is 13.6. The van der Waals surface area contributed by atoms with E-state index in [0.29, 0.717) is 23.3 Å². The van der Waals surface area contributed by atoms with Crippen LogP contribution in [0.2, 0.25) is 0 Å². The fourth-order valence-electron chi connectivity index (χ4n) is 4.85. The summed E-state index contributed by atoms with van der Waals surface area (Å²) in [4.78, 5) is 24.5. The van der Waals surface area contributed by atoms with Crippen LogP contribution >= 0.6 is 0 Å². The maximum absolute atomic E-state index is 12.9. The SMILES string of the molecule is CCCCCC1NC(=O)c2cc3oc(=O)oc3cc2C12CNc1ccccc12. The summed E-state index contributed by atoms with van der Waals surface area (Å²) < 4.78 is 10.3. The molecule has 144 valence electrons. The Hall–Kier alpha value is -3.02. The van der Waals surface area contributed by atoms with Crippen LogP contribution in [-0.4, -0.2) is 18.5 Å². The van der Waals surface area contributed by atoms with E-state index in [1.165, 1.54) is 5.56 Å². The van der Waals surface area contributed by atoms with Crippen molar-refractivity contribution in [1.29, 1.82) is 0 Å². The molecule has 0 saturated carbocycles. The first-order valence-electron chi connectivity index (χ1n) is 9.86. The van der Waals surface area contributed by atoms with Crippen molar-refractivity contribution in [2.45, 2.75) is 44.1 Å². The Morgan fingerprint density at radius 3 is 2.68 bits per heavy atom. The van der Waals surface area contributed by atoms with Crippen LogP contribution in [0.1, 0.15) is 54.1 Å². The van der Waals surface area contributed by atoms with Crippen molar-refractivity contribution >= 4 is 22.8 Å². The molecule has 2 aliphatic rings. The van der Waals surface area contributed by atoms with E-state index in [0.717, 1.165) is 36.9 Å². The van der Waals surface area contributed by atoms with Crippen molar-refractivity contribution in [1.82, 2.24) is 5.32 Å². The Morgan fingerprint density at radius 1 is 1.07 bits per heavy atom. The number of benzene rings is 2. The van der Waals surface area contributed by atoms with Gasteiger partial charge in [0.05, 0.1) is 5.41 Å². The highest BCUT2D eigenvalue weighted by Crippen LogP contribution is 2.49. The number of carbonyl (C=O) groups is 1. The summed E-state index contributed by atoms with van der Waals surface area (Å²) in [5, 5.41) is 6.77. The predicted molar refractivity (Wildman–Crippen MR) is 106 cm³/mol. The molecule has 2 N–H and O–H groups in total. The molecule has 1 amide bonds. The van der Waals surface area contributed by atoms with E-state index in [4.69, 9.17) is 8.83 Å². The summed E-state index contributed by atoms with van der Waals surface area (Å²) in [7, 11) is 0. The largest absolute Gasteiger partial charge is 0.519 e. The molecule has 0 bridgehead atoms. The van der Waals surface area contributed by atoms with Gasteiger partial charge in [-0.25, -0.2) is 4.79 Å². The Balaban J connectivity index is 1.75. The Kier molecular flexibility index (Phi) is 3.82. The van der Waals surface area contributed by atoms with Gasteiger partial charge >= 0.3 is 5.82 Å². The molecule has 2 atom stereocenters. The highest BCUT2D eigenvalue weighted by molar-refractivity contribution is 6.01. The van der Waals surface area contributed by atoms with Crippen molar-refractivity contribution in [2.75, 3.05) is 11.9 Å². The van der Waals surface area contributed by atoms with E-state index in [1.807, 2.05) is 18.2 Å². The van der Waals surface area contributed by atoms with Gasteiger partial charge in [-0.05, 0) is 35.7 Å². The molecule has 28 heavy (non-hydrogen) atoms. The fourth-order valence-corrected chi connectivity index (χ4v) is 4.85. The number of anilines is 1. The summed E-state index contributed by atoms with van der Waals surface area (Å²) >= 11 is 0. The summed E-state index contributed by atoms with van der Waals surface area (Å²) in [5.74, 6) is -0.881. The smallest absolute Gasteiger partial charge is 0.391 e. The lowest BCUT2D eigenvalue weighted by Gasteiger charge is -2.43. The molecule has 0 radical (unpaired) electrons. The van der Waals surface area contributed by atoms with Crippen molar-refractivity contribution in [2.24, 2.45) is 0 Å². The Labute approximate surface area is 161 Å². The quantitative estimate of drug-likeness (QED) is 0.675. The van der Waals surface area contributed by atoms with E-state index in [9.17, 15) is 9.59 Å². The monoisotopic (exact) mass is 378 g/mol. The molecule has 2 aliphatic heterocycles. The van der Waals surface area contributed by atoms with Crippen LogP contribution in [-0.2, 0) is 5.41 Å². The van der Waals surface area contributed by atoms with Gasteiger partial charge in [-0.3, -0.25) is 4.79 Å². The van der Waals surface area contributed by atoms with Crippen LogP contribution in [0.25, 0.3) is 11.2 Å². The lowest BCUT2D eigenvalue weighted by Crippen LogP contribution is -2.57. The fraction of sp³-hybridized carbons (Fsp3) is 0.364. The highest BCUT2D eigenvalue weighted by atomic mass is 16.6. The third-order valence-electron chi connectivity index (χ3n) is 6.16. The van der Waals surface area contributed by atoms with Crippen molar-refractivity contribution in [3.05, 3.63) is 63.7 Å². The summed E-state index contributed by atoms with van der Waals surface area (Å²) in [6.45, 7) is 2.86. The van der Waals surface area contributed by atoms with Crippen LogP contribution < -0.4 is 16.5 Å². The molecule has 1 spiro atoms. The van der Waals surface area contributed by atoms with Crippen molar-refractivity contribution in [3.8, 4) is 0 Å². The third kappa shape index (κ3) is 2.33. The normalized spacial score (nSPS) is 22.8. The van der Waals surface area contributed by atoms with Crippen molar-refractivity contribution in [3.63, 3.8) is 0 Å². The molecule has 2 unspecified atom stereocenters. The second-order valence-corrected chi connectivity index (χ2v) is 7.69. The molecule has 1 aromatic heterocycles. The summed E-state index contributed by atoms with van der Waals surface area (Å²) in [6, 6.07) is 11.7. The van der Waals surface area contributed by atoms with E-state index in [1.54, 1.807) is 6.07 Å². The maximum atomic E-state index is 12.9. The van der Waals surface area contributed by atoms with Gasteiger partial charge in [0.25, 0.3) is 5.91 Å². The first-order valence-corrected chi connectivity index (χ1v) is 9.86. The molecule has 5 rings (SSSR count). The topological polar surface area (TPSA) is 84.5 Å². The number of hydrogen-bond donors (Lipinski definition) is 2. The van der Waals surface area contributed by atoms with Crippen LogP contribution in [0, 0.1) is 0 Å². The number of nitrogens with one attached hydrogen (secondary N) is 2. The average Bonchev–Trinajstić information content (AvgIpc) is 3.25. The number of para-hydroxylation sites is 1. The highest BCUT2D eigenvalue weighted by Gasteiger charge is 2.51. The number of fused-ring (bicyclic) bond motifs is 5. The van der Waals surface area contributed by atoms with E-state index >= 15 is 0 Å². The number of carbonyl (C=O) groups excluding carboxylic acids is 1. The first kappa shape index (κ1) is 17.1. The second-order valence-electron chi connectivity index (χ2n) is 7.69. The summed E-state index contributed by atoms with van der Waals surface area (Å²) in [5.41, 5.74) is 3.97. The second kappa shape index (κ2) is 6.26. The minimum Gasteiger partial charge on any atom is -0.391 e. The molecule has 0 saturated heterocycles. The lowest BCUT2D eigenvalue weighted by molar-refractivity contribution is 0.0896. The minimum atomic E-state index is -0.753. The molecule has 0 fully saturated rings. The van der Waals surface area contributed by atoms with Gasteiger partial charge in [0.15, 0.2) is 11.2 Å².